The summed E-state index contributed by atoms with van der Waals surface area (Å²) in [6.07, 6.45) is 4.88. The van der Waals surface area contributed by atoms with Gasteiger partial charge in [0.15, 0.2) is 11.9 Å². The molecule has 1 aromatic carbocycles. The van der Waals surface area contributed by atoms with Gasteiger partial charge in [0.1, 0.15) is 17.6 Å². The quantitative estimate of drug-likeness (QED) is 0.217. The van der Waals surface area contributed by atoms with Crippen LogP contribution in [-0.2, 0) is 20.7 Å². The van der Waals surface area contributed by atoms with E-state index in [1.54, 1.807) is 36.9 Å². The molecule has 3 aromatic heterocycles. The van der Waals surface area contributed by atoms with Crippen LogP contribution in [0.1, 0.15) is 42.9 Å². The number of benzene rings is 1. The summed E-state index contributed by atoms with van der Waals surface area (Å²) in [5.74, 6) is 1.83. The molecule has 0 aliphatic heterocycles. The fraction of sp³-hybridized carbons (Fsp3) is 0.321. The highest BCUT2D eigenvalue weighted by Crippen LogP contribution is 2.35. The van der Waals surface area contributed by atoms with Gasteiger partial charge in [-0.05, 0) is 69.2 Å². The number of hydrogen-bond donors (Lipinski definition) is 0. The highest BCUT2D eigenvalue weighted by molar-refractivity contribution is 7.15. The van der Waals surface area contributed by atoms with Crippen molar-refractivity contribution in [3.63, 3.8) is 0 Å². The lowest BCUT2D eigenvalue weighted by Crippen LogP contribution is -2.28. The van der Waals surface area contributed by atoms with Crippen LogP contribution in [-0.4, -0.2) is 35.3 Å². The van der Waals surface area contributed by atoms with Gasteiger partial charge in [-0.2, -0.15) is 0 Å². The van der Waals surface area contributed by atoms with Crippen molar-refractivity contribution in [3.8, 4) is 27.8 Å². The van der Waals surface area contributed by atoms with E-state index in [0.29, 0.717) is 25.5 Å². The van der Waals surface area contributed by atoms with E-state index in [-0.39, 0.29) is 12.1 Å². The number of thiophene rings is 1. The average Bonchev–Trinajstić information content (AvgIpc) is 3.55. The van der Waals surface area contributed by atoms with Crippen LogP contribution in [0.2, 0.25) is 0 Å². The number of aromatic nitrogens is 2. The summed E-state index contributed by atoms with van der Waals surface area (Å²) in [6, 6.07) is 13.6. The molecule has 0 radical (unpaired) electrons. The minimum absolute atomic E-state index is 0.146. The highest BCUT2D eigenvalue weighted by Gasteiger charge is 2.21. The van der Waals surface area contributed by atoms with Gasteiger partial charge in [0.25, 0.3) is 0 Å². The Kier molecular flexibility index (Phi) is 8.51. The monoisotopic (exact) mass is 506 g/mol. The van der Waals surface area contributed by atoms with Crippen molar-refractivity contribution in [1.82, 2.24) is 9.97 Å². The molecule has 7 nitrogen and oxygen atoms in total. The smallest absolute Gasteiger partial charge is 0.335 e. The molecule has 2 unspecified atom stereocenters. The van der Waals surface area contributed by atoms with Gasteiger partial charge in [-0.3, -0.25) is 0 Å². The summed E-state index contributed by atoms with van der Waals surface area (Å²) < 4.78 is 22.3. The van der Waals surface area contributed by atoms with Crippen LogP contribution in [0.4, 0.5) is 0 Å². The van der Waals surface area contributed by atoms with Crippen molar-refractivity contribution in [3.05, 3.63) is 77.1 Å². The molecule has 3 heterocycles. The van der Waals surface area contributed by atoms with E-state index in [2.05, 4.69) is 23.0 Å². The van der Waals surface area contributed by atoms with Gasteiger partial charge in [-0.25, -0.2) is 14.8 Å². The Morgan fingerprint density at radius 2 is 1.83 bits per heavy atom. The topological polar surface area (TPSA) is 83.7 Å². The molecule has 4 rings (SSSR count). The summed E-state index contributed by atoms with van der Waals surface area (Å²) in [6.45, 7) is 8.53. The molecule has 0 spiro atoms. The van der Waals surface area contributed by atoms with Gasteiger partial charge in [0.2, 0.25) is 0 Å². The number of rotatable bonds is 11. The Hall–Kier alpha value is -3.49. The molecule has 8 heteroatoms. The van der Waals surface area contributed by atoms with Gasteiger partial charge in [0, 0.05) is 30.3 Å². The van der Waals surface area contributed by atoms with E-state index in [0.717, 1.165) is 38.0 Å². The Balaban J connectivity index is 1.41. The second-order valence-electron chi connectivity index (χ2n) is 8.23. The zero-order chi connectivity index (χ0) is 25.5. The van der Waals surface area contributed by atoms with Crippen LogP contribution in [0, 0.1) is 6.92 Å². The van der Waals surface area contributed by atoms with Crippen molar-refractivity contribution >= 4 is 17.3 Å². The van der Waals surface area contributed by atoms with Crippen molar-refractivity contribution in [2.24, 2.45) is 0 Å². The molecule has 0 saturated heterocycles. The zero-order valence-electron chi connectivity index (χ0n) is 20.9. The van der Waals surface area contributed by atoms with Gasteiger partial charge >= 0.3 is 5.97 Å². The third kappa shape index (κ3) is 6.19. The number of ether oxygens (including phenoxy) is 3. The van der Waals surface area contributed by atoms with Crippen LogP contribution in [0.5, 0.6) is 5.75 Å². The number of hydrogen-bond acceptors (Lipinski definition) is 8. The molecule has 0 N–H and O–H groups in total. The van der Waals surface area contributed by atoms with Crippen LogP contribution >= 0.6 is 11.3 Å². The molecule has 0 saturated carbocycles. The van der Waals surface area contributed by atoms with Crippen molar-refractivity contribution < 1.29 is 23.4 Å². The number of aryl methyl sites for hydroxylation is 1. The molecule has 0 bridgehead atoms. The average molecular weight is 507 g/mol. The van der Waals surface area contributed by atoms with E-state index in [9.17, 15) is 4.79 Å². The van der Waals surface area contributed by atoms with E-state index in [4.69, 9.17) is 18.6 Å². The zero-order valence-corrected chi connectivity index (χ0v) is 21.7. The van der Waals surface area contributed by atoms with Crippen molar-refractivity contribution in [2.45, 2.75) is 46.3 Å². The molecular weight excluding hydrogens is 476 g/mol. The van der Waals surface area contributed by atoms with E-state index < -0.39 is 6.10 Å². The van der Waals surface area contributed by atoms with Crippen molar-refractivity contribution in [2.75, 3.05) is 13.2 Å². The minimum atomic E-state index is -0.608. The number of nitrogens with zero attached hydrogens (tertiary/aromatic N) is 2. The number of carbonyl (C=O) groups is 1. The molecule has 0 aliphatic rings. The summed E-state index contributed by atoms with van der Waals surface area (Å²) in [5, 5.41) is 0. The van der Waals surface area contributed by atoms with Crippen LogP contribution in [0.15, 0.2) is 65.5 Å². The standard InChI is InChI=1S/C28H30N2O5S/c1-5-32-24(28(31)33-6-2)15-20-9-11-22(12-10-20)35-19(4)26-18(3)14-25(36-26)27-29-16-21(17-30-27)23-8-7-13-34-23/h7-14,16-17,19,24H,5-6,15H2,1-4H3. The number of furan rings is 1. The number of carbonyl (C=O) groups excluding carboxylic acids is 1. The minimum Gasteiger partial charge on any atom is -0.485 e. The van der Waals surface area contributed by atoms with E-state index >= 15 is 0 Å². The van der Waals surface area contributed by atoms with Crippen LogP contribution in [0.25, 0.3) is 22.0 Å². The first-order chi connectivity index (χ1) is 17.5. The molecule has 36 heavy (non-hydrogen) atoms. The maximum atomic E-state index is 12.1. The second kappa shape index (κ2) is 12.0. The van der Waals surface area contributed by atoms with Gasteiger partial charge in [-0.1, -0.05) is 12.1 Å². The Labute approximate surface area is 215 Å². The summed E-state index contributed by atoms with van der Waals surface area (Å²) in [5.41, 5.74) is 2.95. The predicted molar refractivity (Wildman–Crippen MR) is 139 cm³/mol. The SMILES string of the molecule is CCOC(=O)C(Cc1ccc(OC(C)c2sc(-c3ncc(-c4ccco4)cn3)cc2C)cc1)OCC. The first-order valence-corrected chi connectivity index (χ1v) is 12.8. The maximum Gasteiger partial charge on any atom is 0.335 e. The lowest BCUT2D eigenvalue weighted by Gasteiger charge is -2.17. The Bertz CT molecular complexity index is 1250. The Morgan fingerprint density at radius 1 is 1.08 bits per heavy atom. The summed E-state index contributed by atoms with van der Waals surface area (Å²) in [7, 11) is 0. The van der Waals surface area contributed by atoms with Crippen LogP contribution < -0.4 is 4.74 Å². The first-order valence-electron chi connectivity index (χ1n) is 12.0. The molecule has 188 valence electrons. The lowest BCUT2D eigenvalue weighted by molar-refractivity contribution is -0.156. The molecular formula is C28H30N2O5S. The number of esters is 1. The fourth-order valence-corrected chi connectivity index (χ4v) is 4.96. The fourth-order valence-electron chi connectivity index (χ4n) is 3.86. The summed E-state index contributed by atoms with van der Waals surface area (Å²) >= 11 is 1.63. The first kappa shape index (κ1) is 25.6. The predicted octanol–water partition coefficient (Wildman–Crippen LogP) is 6.42. The van der Waals surface area contributed by atoms with E-state index in [1.807, 2.05) is 50.2 Å². The molecule has 0 fully saturated rings. The second-order valence-corrected chi connectivity index (χ2v) is 9.32. The third-order valence-electron chi connectivity index (χ3n) is 5.58. The summed E-state index contributed by atoms with van der Waals surface area (Å²) in [4.78, 5) is 23.3. The van der Waals surface area contributed by atoms with Gasteiger partial charge in [0.05, 0.1) is 23.3 Å². The molecule has 4 aromatic rings. The van der Waals surface area contributed by atoms with Crippen LogP contribution in [0.3, 0.4) is 0 Å². The van der Waals surface area contributed by atoms with Gasteiger partial charge < -0.3 is 18.6 Å². The van der Waals surface area contributed by atoms with Crippen molar-refractivity contribution in [1.29, 1.82) is 0 Å². The molecule has 2 atom stereocenters. The normalized spacial score (nSPS) is 12.8. The largest absolute Gasteiger partial charge is 0.485 e. The van der Waals surface area contributed by atoms with E-state index in [1.165, 1.54) is 0 Å². The third-order valence-corrected chi connectivity index (χ3v) is 6.97. The Morgan fingerprint density at radius 3 is 2.47 bits per heavy atom. The molecule has 0 aliphatic carbocycles. The lowest BCUT2D eigenvalue weighted by atomic mass is 10.1. The van der Waals surface area contributed by atoms with Gasteiger partial charge in [-0.15, -0.1) is 11.3 Å². The highest BCUT2D eigenvalue weighted by atomic mass is 32.1. The maximum absolute atomic E-state index is 12.1. The molecule has 0 amide bonds.